The van der Waals surface area contributed by atoms with E-state index in [1.165, 1.54) is 12.8 Å². The Kier molecular flexibility index (Phi) is 3.50. The molecule has 0 amide bonds. The molecule has 1 aromatic rings. The monoisotopic (exact) mass is 212 g/mol. The van der Waals surface area contributed by atoms with Crippen LogP contribution in [0.25, 0.3) is 0 Å². The second-order valence-corrected chi connectivity index (χ2v) is 4.40. The van der Waals surface area contributed by atoms with Crippen molar-refractivity contribution in [1.82, 2.24) is 10.3 Å². The summed E-state index contributed by atoms with van der Waals surface area (Å²) in [5.74, 6) is 0. The molecule has 3 nitrogen and oxygen atoms in total. The highest BCUT2D eigenvalue weighted by molar-refractivity contribution is 7.07. The van der Waals surface area contributed by atoms with Gasteiger partial charge in [0.2, 0.25) is 0 Å². The predicted molar refractivity (Wildman–Crippen MR) is 57.5 cm³/mol. The van der Waals surface area contributed by atoms with Crippen molar-refractivity contribution in [3.05, 3.63) is 16.6 Å². The number of ether oxygens (including phenoxy) is 1. The molecule has 2 atom stereocenters. The summed E-state index contributed by atoms with van der Waals surface area (Å²) in [7, 11) is 0. The van der Waals surface area contributed by atoms with E-state index >= 15 is 0 Å². The highest BCUT2D eigenvalue weighted by Crippen LogP contribution is 2.14. The van der Waals surface area contributed by atoms with Crippen LogP contribution in [0.5, 0.6) is 0 Å². The Labute approximate surface area is 88.5 Å². The Morgan fingerprint density at radius 3 is 3.36 bits per heavy atom. The van der Waals surface area contributed by atoms with Gasteiger partial charge in [-0.3, -0.25) is 0 Å². The first kappa shape index (κ1) is 10.1. The van der Waals surface area contributed by atoms with Crippen molar-refractivity contribution in [3.63, 3.8) is 0 Å². The van der Waals surface area contributed by atoms with E-state index in [9.17, 15) is 0 Å². The van der Waals surface area contributed by atoms with Crippen molar-refractivity contribution >= 4 is 11.3 Å². The lowest BCUT2D eigenvalue weighted by molar-refractivity contribution is 0.108. The molecule has 0 aliphatic carbocycles. The Bertz CT molecular complexity index is 257. The van der Waals surface area contributed by atoms with E-state index < -0.39 is 0 Å². The third kappa shape index (κ3) is 2.53. The summed E-state index contributed by atoms with van der Waals surface area (Å²) in [5, 5.41) is 5.54. The topological polar surface area (TPSA) is 34.1 Å². The number of aromatic nitrogens is 1. The Morgan fingerprint density at radius 2 is 2.71 bits per heavy atom. The van der Waals surface area contributed by atoms with Crippen LogP contribution in [0.4, 0.5) is 0 Å². The Balaban J connectivity index is 1.74. The summed E-state index contributed by atoms with van der Waals surface area (Å²) in [6.07, 6.45) is 2.81. The molecule has 0 saturated carbocycles. The van der Waals surface area contributed by atoms with Gasteiger partial charge in [-0.05, 0) is 19.8 Å². The Morgan fingerprint density at radius 1 is 1.79 bits per heavy atom. The van der Waals surface area contributed by atoms with E-state index in [0.29, 0.717) is 12.1 Å². The Hall–Kier alpha value is -0.450. The second kappa shape index (κ2) is 4.87. The van der Waals surface area contributed by atoms with Crippen LogP contribution in [0, 0.1) is 0 Å². The number of nitrogens with zero attached hydrogens (tertiary/aromatic N) is 1. The molecule has 2 rings (SSSR count). The molecule has 78 valence electrons. The fourth-order valence-electron chi connectivity index (χ4n) is 1.65. The molecule has 0 bridgehead atoms. The molecule has 1 fully saturated rings. The molecule has 2 unspecified atom stereocenters. The number of hydrogen-bond acceptors (Lipinski definition) is 4. The zero-order chi connectivity index (χ0) is 9.80. The van der Waals surface area contributed by atoms with Crippen molar-refractivity contribution in [2.24, 2.45) is 0 Å². The second-order valence-electron chi connectivity index (χ2n) is 3.68. The number of rotatable bonds is 4. The molecule has 4 heteroatoms. The largest absolute Gasteiger partial charge is 0.377 e. The summed E-state index contributed by atoms with van der Waals surface area (Å²) in [4.78, 5) is 4.28. The molecule has 1 aliphatic rings. The van der Waals surface area contributed by atoms with Crippen LogP contribution in [-0.4, -0.2) is 24.2 Å². The lowest BCUT2D eigenvalue weighted by atomic mass is 10.2. The highest BCUT2D eigenvalue weighted by Gasteiger charge is 2.16. The quantitative estimate of drug-likeness (QED) is 0.828. The van der Waals surface area contributed by atoms with Gasteiger partial charge in [-0.25, -0.2) is 4.98 Å². The van der Waals surface area contributed by atoms with Crippen molar-refractivity contribution < 1.29 is 4.74 Å². The maximum atomic E-state index is 5.54. The lowest BCUT2D eigenvalue weighted by Gasteiger charge is -2.15. The first-order chi connectivity index (χ1) is 6.86. The minimum atomic E-state index is 0.338. The summed E-state index contributed by atoms with van der Waals surface area (Å²) >= 11 is 1.64. The van der Waals surface area contributed by atoms with Crippen molar-refractivity contribution in [3.8, 4) is 0 Å². The summed E-state index contributed by atoms with van der Waals surface area (Å²) in [6, 6.07) is 0.338. The van der Waals surface area contributed by atoms with Gasteiger partial charge in [0.1, 0.15) is 0 Å². The van der Waals surface area contributed by atoms with E-state index in [0.717, 1.165) is 18.8 Å². The first-order valence-corrected chi connectivity index (χ1v) is 6.03. The smallest absolute Gasteiger partial charge is 0.0795 e. The van der Waals surface area contributed by atoms with Gasteiger partial charge in [-0.2, -0.15) is 0 Å². The van der Waals surface area contributed by atoms with Crippen LogP contribution in [0.3, 0.4) is 0 Å². The third-order valence-electron chi connectivity index (χ3n) is 2.57. The molecule has 14 heavy (non-hydrogen) atoms. The molecule has 1 aromatic heterocycles. The number of thiazole rings is 1. The molecule has 0 aromatic carbocycles. The molecule has 1 N–H and O–H groups in total. The summed E-state index contributed by atoms with van der Waals surface area (Å²) in [6.45, 7) is 4.01. The van der Waals surface area contributed by atoms with E-state index in [4.69, 9.17) is 4.74 Å². The molecule has 1 saturated heterocycles. The average Bonchev–Trinajstić information content (AvgIpc) is 2.87. The first-order valence-electron chi connectivity index (χ1n) is 5.09. The molecule has 0 spiro atoms. The van der Waals surface area contributed by atoms with Gasteiger partial charge in [0.15, 0.2) is 0 Å². The molecule has 1 aliphatic heterocycles. The number of hydrogen-bond donors (Lipinski definition) is 1. The summed E-state index contributed by atoms with van der Waals surface area (Å²) < 4.78 is 5.54. The molecule has 0 radical (unpaired) electrons. The van der Waals surface area contributed by atoms with Gasteiger partial charge < -0.3 is 10.1 Å². The minimum Gasteiger partial charge on any atom is -0.377 e. The fraction of sp³-hybridized carbons (Fsp3) is 0.700. The zero-order valence-corrected chi connectivity index (χ0v) is 9.22. The molecular weight excluding hydrogens is 196 g/mol. The van der Waals surface area contributed by atoms with Gasteiger partial charge in [-0.1, -0.05) is 0 Å². The van der Waals surface area contributed by atoms with E-state index in [1.54, 1.807) is 11.3 Å². The van der Waals surface area contributed by atoms with Gasteiger partial charge in [0.25, 0.3) is 0 Å². The van der Waals surface area contributed by atoms with E-state index in [1.807, 2.05) is 5.51 Å². The van der Waals surface area contributed by atoms with Crippen LogP contribution >= 0.6 is 11.3 Å². The van der Waals surface area contributed by atoms with Gasteiger partial charge in [0.05, 0.1) is 17.3 Å². The van der Waals surface area contributed by atoms with Crippen LogP contribution in [0.15, 0.2) is 10.9 Å². The third-order valence-corrected chi connectivity index (χ3v) is 3.18. The summed E-state index contributed by atoms with van der Waals surface area (Å²) in [5.41, 5.74) is 3.01. The molecular formula is C10H16N2OS. The van der Waals surface area contributed by atoms with Crippen molar-refractivity contribution in [1.29, 1.82) is 0 Å². The van der Waals surface area contributed by atoms with Gasteiger partial charge in [0, 0.05) is 24.6 Å². The average molecular weight is 212 g/mol. The maximum absolute atomic E-state index is 5.54. The van der Waals surface area contributed by atoms with Crippen LogP contribution in [0.2, 0.25) is 0 Å². The zero-order valence-electron chi connectivity index (χ0n) is 8.40. The SMILES string of the molecule is CC(NCC1CCCO1)c1cscn1. The normalized spacial score (nSPS) is 23.9. The van der Waals surface area contributed by atoms with Crippen LogP contribution in [0.1, 0.15) is 31.5 Å². The van der Waals surface area contributed by atoms with Crippen LogP contribution in [-0.2, 0) is 4.74 Å². The number of nitrogens with one attached hydrogen (secondary N) is 1. The lowest BCUT2D eigenvalue weighted by Crippen LogP contribution is -2.28. The van der Waals surface area contributed by atoms with Gasteiger partial charge in [-0.15, -0.1) is 11.3 Å². The van der Waals surface area contributed by atoms with Crippen molar-refractivity contribution in [2.75, 3.05) is 13.2 Å². The fourth-order valence-corrected chi connectivity index (χ4v) is 2.30. The van der Waals surface area contributed by atoms with E-state index in [2.05, 4.69) is 22.6 Å². The van der Waals surface area contributed by atoms with E-state index in [-0.39, 0.29) is 0 Å². The molecule has 2 heterocycles. The van der Waals surface area contributed by atoms with Crippen LogP contribution < -0.4 is 5.32 Å². The highest BCUT2D eigenvalue weighted by atomic mass is 32.1. The maximum Gasteiger partial charge on any atom is 0.0795 e. The minimum absolute atomic E-state index is 0.338. The van der Waals surface area contributed by atoms with Crippen molar-refractivity contribution in [2.45, 2.75) is 31.9 Å². The predicted octanol–water partition coefficient (Wildman–Crippen LogP) is 1.97. The van der Waals surface area contributed by atoms with Gasteiger partial charge >= 0.3 is 0 Å². The standard InChI is InChI=1S/C10H16N2OS/c1-8(10-6-14-7-12-10)11-5-9-3-2-4-13-9/h6-9,11H,2-5H2,1H3.